The summed E-state index contributed by atoms with van der Waals surface area (Å²) in [6.45, 7) is 0.861. The molecule has 0 saturated heterocycles. The van der Waals surface area contributed by atoms with Crippen molar-refractivity contribution in [2.24, 2.45) is 0 Å². The summed E-state index contributed by atoms with van der Waals surface area (Å²) in [5, 5.41) is 22.7. The smallest absolute Gasteiger partial charge is 0.356 e. The Balaban J connectivity index is 2.00. The molecule has 9 heteroatoms. The minimum Gasteiger partial charge on any atom is -0.476 e. The SMILES string of the molecule is O=C(O)c1cn(CCNc2ccc(I)cc2[N+](=O)[O-])cn1. The Hall–Kier alpha value is -2.17. The quantitative estimate of drug-likeness (QED) is 0.436. The molecule has 21 heavy (non-hydrogen) atoms. The van der Waals surface area contributed by atoms with Gasteiger partial charge in [0.15, 0.2) is 5.69 Å². The van der Waals surface area contributed by atoms with Gasteiger partial charge in [-0.3, -0.25) is 10.1 Å². The summed E-state index contributed by atoms with van der Waals surface area (Å²) in [4.78, 5) is 24.9. The lowest BCUT2D eigenvalue weighted by molar-refractivity contribution is -0.384. The Kier molecular flexibility index (Phi) is 4.73. The van der Waals surface area contributed by atoms with E-state index in [1.165, 1.54) is 18.6 Å². The molecule has 1 aromatic heterocycles. The first-order valence-electron chi connectivity index (χ1n) is 5.90. The summed E-state index contributed by atoms with van der Waals surface area (Å²) in [7, 11) is 0. The van der Waals surface area contributed by atoms with Crippen LogP contribution in [0.4, 0.5) is 11.4 Å². The summed E-state index contributed by atoms with van der Waals surface area (Å²) in [5.74, 6) is -1.09. The zero-order valence-corrected chi connectivity index (χ0v) is 12.9. The van der Waals surface area contributed by atoms with E-state index < -0.39 is 10.9 Å². The van der Waals surface area contributed by atoms with Crippen LogP contribution in [0.3, 0.4) is 0 Å². The van der Waals surface area contributed by atoms with Crippen molar-refractivity contribution < 1.29 is 14.8 Å². The number of aromatic carboxylic acids is 1. The Morgan fingerprint density at radius 2 is 2.29 bits per heavy atom. The van der Waals surface area contributed by atoms with Gasteiger partial charge in [0.2, 0.25) is 0 Å². The second-order valence-electron chi connectivity index (χ2n) is 4.15. The summed E-state index contributed by atoms with van der Waals surface area (Å²) < 4.78 is 2.39. The summed E-state index contributed by atoms with van der Waals surface area (Å²) in [6.07, 6.45) is 2.82. The molecule has 0 atom stereocenters. The van der Waals surface area contributed by atoms with Crippen LogP contribution >= 0.6 is 22.6 Å². The normalized spacial score (nSPS) is 10.3. The average Bonchev–Trinajstić information content (AvgIpc) is 2.89. The minimum absolute atomic E-state index is 0.0127. The molecule has 0 aliphatic carbocycles. The average molecular weight is 402 g/mol. The van der Waals surface area contributed by atoms with Crippen molar-refractivity contribution in [2.75, 3.05) is 11.9 Å². The number of aromatic nitrogens is 2. The zero-order valence-electron chi connectivity index (χ0n) is 10.7. The molecule has 1 aromatic carbocycles. The first-order chi connectivity index (χ1) is 9.97. The zero-order chi connectivity index (χ0) is 15.4. The Morgan fingerprint density at radius 3 is 2.90 bits per heavy atom. The van der Waals surface area contributed by atoms with E-state index in [0.29, 0.717) is 18.8 Å². The molecule has 0 unspecified atom stereocenters. The first kappa shape index (κ1) is 15.2. The fraction of sp³-hybridized carbons (Fsp3) is 0.167. The summed E-state index contributed by atoms with van der Waals surface area (Å²) >= 11 is 2.01. The van der Waals surface area contributed by atoms with Crippen LogP contribution < -0.4 is 5.32 Å². The molecule has 0 bridgehead atoms. The highest BCUT2D eigenvalue weighted by molar-refractivity contribution is 14.1. The lowest BCUT2D eigenvalue weighted by atomic mass is 10.2. The summed E-state index contributed by atoms with van der Waals surface area (Å²) in [6, 6.07) is 4.91. The van der Waals surface area contributed by atoms with Crippen molar-refractivity contribution in [3.05, 3.63) is 50.1 Å². The number of nitro benzene ring substituents is 1. The molecule has 0 aliphatic heterocycles. The molecule has 2 N–H and O–H groups in total. The van der Waals surface area contributed by atoms with Crippen LogP contribution in [0.15, 0.2) is 30.7 Å². The van der Waals surface area contributed by atoms with Crippen LogP contribution in [0.2, 0.25) is 0 Å². The first-order valence-corrected chi connectivity index (χ1v) is 6.98. The number of carboxylic acids is 1. The third-order valence-electron chi connectivity index (χ3n) is 2.69. The standard InChI is InChI=1S/C12H11IN4O4/c13-8-1-2-9(11(5-8)17(20)21)14-3-4-16-6-10(12(18)19)15-7-16/h1-2,5-7,14H,3-4H2,(H,18,19). The van der Waals surface area contributed by atoms with Crippen molar-refractivity contribution in [3.8, 4) is 0 Å². The van der Waals surface area contributed by atoms with Gasteiger partial charge in [-0.25, -0.2) is 9.78 Å². The van der Waals surface area contributed by atoms with E-state index in [1.54, 1.807) is 16.7 Å². The van der Waals surface area contributed by atoms with Gasteiger partial charge in [0.05, 0.1) is 11.3 Å². The molecule has 2 aromatic rings. The van der Waals surface area contributed by atoms with Gasteiger partial charge in [0, 0.05) is 28.9 Å². The monoisotopic (exact) mass is 402 g/mol. The maximum Gasteiger partial charge on any atom is 0.356 e. The molecule has 2 rings (SSSR count). The van der Waals surface area contributed by atoms with Crippen molar-refractivity contribution in [3.63, 3.8) is 0 Å². The number of hydrogen-bond acceptors (Lipinski definition) is 5. The number of carboxylic acid groups (broad SMARTS) is 1. The highest BCUT2D eigenvalue weighted by atomic mass is 127. The van der Waals surface area contributed by atoms with E-state index in [2.05, 4.69) is 10.3 Å². The van der Waals surface area contributed by atoms with Gasteiger partial charge in [-0.2, -0.15) is 0 Å². The van der Waals surface area contributed by atoms with Crippen LogP contribution in [-0.4, -0.2) is 32.1 Å². The van der Waals surface area contributed by atoms with Crippen molar-refractivity contribution in [2.45, 2.75) is 6.54 Å². The lowest BCUT2D eigenvalue weighted by Gasteiger charge is -2.07. The largest absolute Gasteiger partial charge is 0.476 e. The van der Waals surface area contributed by atoms with Crippen LogP contribution in [0, 0.1) is 13.7 Å². The van der Waals surface area contributed by atoms with Gasteiger partial charge >= 0.3 is 5.97 Å². The molecule has 0 aliphatic rings. The number of nitrogens with zero attached hydrogens (tertiary/aromatic N) is 3. The highest BCUT2D eigenvalue weighted by Gasteiger charge is 2.13. The van der Waals surface area contributed by atoms with Crippen molar-refractivity contribution in [1.29, 1.82) is 0 Å². The maximum absolute atomic E-state index is 11.0. The number of halogens is 1. The van der Waals surface area contributed by atoms with Crippen LogP contribution in [0.25, 0.3) is 0 Å². The number of benzene rings is 1. The molecule has 1 heterocycles. The molecule has 0 spiro atoms. The van der Waals surface area contributed by atoms with Gasteiger partial charge in [0.1, 0.15) is 5.69 Å². The Morgan fingerprint density at radius 1 is 1.52 bits per heavy atom. The van der Waals surface area contributed by atoms with E-state index in [9.17, 15) is 14.9 Å². The molecular formula is C12H11IN4O4. The van der Waals surface area contributed by atoms with Crippen LogP contribution in [0.1, 0.15) is 10.5 Å². The number of carbonyl (C=O) groups is 1. The third kappa shape index (κ3) is 3.90. The molecule has 0 saturated carbocycles. The number of hydrogen-bond donors (Lipinski definition) is 2. The lowest BCUT2D eigenvalue weighted by Crippen LogP contribution is -2.10. The topological polar surface area (TPSA) is 110 Å². The van der Waals surface area contributed by atoms with E-state index in [-0.39, 0.29) is 11.4 Å². The Labute approximate surface area is 133 Å². The van der Waals surface area contributed by atoms with Gasteiger partial charge in [-0.15, -0.1) is 0 Å². The fourth-order valence-electron chi connectivity index (χ4n) is 1.72. The summed E-state index contributed by atoms with van der Waals surface area (Å²) in [5.41, 5.74) is 0.410. The predicted octanol–water partition coefficient (Wildman–Crippen LogP) is 2.21. The predicted molar refractivity (Wildman–Crippen MR) is 83.5 cm³/mol. The molecule has 0 fully saturated rings. The van der Waals surface area contributed by atoms with Gasteiger partial charge < -0.3 is 15.0 Å². The van der Waals surface area contributed by atoms with Crippen molar-refractivity contribution >= 4 is 39.9 Å². The van der Waals surface area contributed by atoms with Gasteiger partial charge in [-0.1, -0.05) is 0 Å². The second-order valence-corrected chi connectivity index (χ2v) is 5.39. The van der Waals surface area contributed by atoms with E-state index in [1.807, 2.05) is 22.6 Å². The fourth-order valence-corrected chi connectivity index (χ4v) is 2.19. The molecule has 0 amide bonds. The van der Waals surface area contributed by atoms with E-state index in [4.69, 9.17) is 5.11 Å². The van der Waals surface area contributed by atoms with Crippen LogP contribution in [0.5, 0.6) is 0 Å². The number of anilines is 1. The second kappa shape index (κ2) is 6.52. The van der Waals surface area contributed by atoms with Crippen molar-refractivity contribution in [1.82, 2.24) is 9.55 Å². The number of rotatable bonds is 6. The molecule has 8 nitrogen and oxygen atoms in total. The van der Waals surface area contributed by atoms with E-state index in [0.717, 1.165) is 3.57 Å². The number of nitro groups is 1. The van der Waals surface area contributed by atoms with Gasteiger partial charge in [0.25, 0.3) is 5.69 Å². The number of imidazole rings is 1. The van der Waals surface area contributed by atoms with Gasteiger partial charge in [-0.05, 0) is 34.7 Å². The third-order valence-corrected chi connectivity index (χ3v) is 3.37. The molecule has 110 valence electrons. The van der Waals surface area contributed by atoms with E-state index >= 15 is 0 Å². The molecular weight excluding hydrogens is 391 g/mol. The van der Waals surface area contributed by atoms with Crippen LogP contribution in [-0.2, 0) is 6.54 Å². The maximum atomic E-state index is 11.0. The minimum atomic E-state index is -1.09. The molecule has 0 radical (unpaired) electrons. The number of nitrogens with one attached hydrogen (secondary N) is 1. The Bertz CT molecular complexity index is 686. The highest BCUT2D eigenvalue weighted by Crippen LogP contribution is 2.26.